The summed E-state index contributed by atoms with van der Waals surface area (Å²) in [6.45, 7) is 2.54. The second kappa shape index (κ2) is 6.85. The van der Waals surface area contributed by atoms with Gasteiger partial charge in [0, 0.05) is 13.1 Å². The average molecular weight is 381 g/mol. The van der Waals surface area contributed by atoms with Crippen LogP contribution in [0.3, 0.4) is 0 Å². The number of fused-ring (bicyclic) bond motifs is 2. The van der Waals surface area contributed by atoms with E-state index in [0.717, 1.165) is 5.56 Å². The SMILES string of the molecule is O=c1oc2ccccc2c(O)c1[C@H](c1ccc2c(c1)OCO2)N1CCOCC1. The molecule has 3 aromatic rings. The Hall–Kier alpha value is -3.03. The Balaban J connectivity index is 1.71. The van der Waals surface area contributed by atoms with Gasteiger partial charge in [-0.25, -0.2) is 4.79 Å². The molecule has 0 aliphatic carbocycles. The fraction of sp³-hybridized carbons (Fsp3) is 0.286. The van der Waals surface area contributed by atoms with Gasteiger partial charge in [-0.1, -0.05) is 18.2 Å². The summed E-state index contributed by atoms with van der Waals surface area (Å²) in [5.41, 5.74) is 0.856. The molecule has 28 heavy (non-hydrogen) atoms. The summed E-state index contributed by atoms with van der Waals surface area (Å²) in [6.07, 6.45) is 0. The van der Waals surface area contributed by atoms with Gasteiger partial charge < -0.3 is 23.7 Å². The molecular weight excluding hydrogens is 362 g/mol. The van der Waals surface area contributed by atoms with Crippen molar-refractivity contribution in [3.63, 3.8) is 0 Å². The number of nitrogens with zero attached hydrogens (tertiary/aromatic N) is 1. The normalized spacial score (nSPS) is 17.7. The minimum Gasteiger partial charge on any atom is -0.507 e. The van der Waals surface area contributed by atoms with Crippen LogP contribution in [0.4, 0.5) is 0 Å². The third kappa shape index (κ3) is 2.80. The summed E-state index contributed by atoms with van der Waals surface area (Å²) in [7, 11) is 0. The number of ether oxygens (including phenoxy) is 3. The zero-order valence-corrected chi connectivity index (χ0v) is 15.1. The van der Waals surface area contributed by atoms with Crippen LogP contribution in [-0.4, -0.2) is 43.1 Å². The summed E-state index contributed by atoms with van der Waals surface area (Å²) >= 11 is 0. The van der Waals surface area contributed by atoms with Gasteiger partial charge in [0.25, 0.3) is 0 Å². The third-order valence-electron chi connectivity index (χ3n) is 5.22. The molecule has 1 atom stereocenters. The minimum atomic E-state index is -0.551. The molecule has 5 rings (SSSR count). The maximum absolute atomic E-state index is 12.9. The van der Waals surface area contributed by atoms with E-state index in [-0.39, 0.29) is 18.1 Å². The molecule has 1 fully saturated rings. The van der Waals surface area contributed by atoms with E-state index in [9.17, 15) is 9.90 Å². The quantitative estimate of drug-likeness (QED) is 0.699. The molecule has 0 unspecified atom stereocenters. The number of hydrogen-bond donors (Lipinski definition) is 1. The fourth-order valence-corrected chi connectivity index (χ4v) is 3.87. The van der Waals surface area contributed by atoms with Crippen LogP contribution < -0.4 is 15.1 Å². The Morgan fingerprint density at radius 3 is 2.64 bits per heavy atom. The molecule has 2 aliphatic heterocycles. The highest BCUT2D eigenvalue weighted by atomic mass is 16.7. The largest absolute Gasteiger partial charge is 0.507 e. The summed E-state index contributed by atoms with van der Waals surface area (Å²) in [4.78, 5) is 15.0. The van der Waals surface area contributed by atoms with Crippen LogP contribution in [-0.2, 0) is 4.74 Å². The Kier molecular flexibility index (Phi) is 4.18. The zero-order valence-electron chi connectivity index (χ0n) is 15.1. The fourth-order valence-electron chi connectivity index (χ4n) is 3.87. The van der Waals surface area contributed by atoms with Gasteiger partial charge in [0.2, 0.25) is 6.79 Å². The van der Waals surface area contributed by atoms with Crippen molar-refractivity contribution in [1.29, 1.82) is 0 Å². The molecule has 0 spiro atoms. The summed E-state index contributed by atoms with van der Waals surface area (Å²) < 4.78 is 21.9. The Morgan fingerprint density at radius 2 is 1.79 bits per heavy atom. The van der Waals surface area contributed by atoms with Crippen LogP contribution in [0.1, 0.15) is 17.2 Å². The van der Waals surface area contributed by atoms with Crippen molar-refractivity contribution >= 4 is 11.0 Å². The highest BCUT2D eigenvalue weighted by molar-refractivity contribution is 5.84. The number of benzene rings is 2. The Morgan fingerprint density at radius 1 is 1.00 bits per heavy atom. The van der Waals surface area contributed by atoms with Gasteiger partial charge in [-0.05, 0) is 29.8 Å². The number of morpholine rings is 1. The van der Waals surface area contributed by atoms with E-state index in [1.54, 1.807) is 24.3 Å². The molecule has 7 heteroatoms. The molecule has 1 N–H and O–H groups in total. The van der Waals surface area contributed by atoms with Crippen molar-refractivity contribution in [2.45, 2.75) is 6.04 Å². The highest BCUT2D eigenvalue weighted by Crippen LogP contribution is 2.40. The topological polar surface area (TPSA) is 81.4 Å². The van der Waals surface area contributed by atoms with Crippen LogP contribution in [0.15, 0.2) is 51.7 Å². The van der Waals surface area contributed by atoms with Crippen molar-refractivity contribution in [1.82, 2.24) is 4.90 Å². The van der Waals surface area contributed by atoms with Crippen molar-refractivity contribution < 1.29 is 23.7 Å². The van der Waals surface area contributed by atoms with Gasteiger partial charge >= 0.3 is 5.63 Å². The standard InChI is InChI=1S/C21H19NO6/c23-20-14-3-1-2-4-15(14)28-21(24)18(20)19(22-7-9-25-10-8-22)13-5-6-16-17(11-13)27-12-26-16/h1-6,11,19,23H,7-10,12H2/t19-/m0/s1. The molecule has 1 aromatic heterocycles. The van der Waals surface area contributed by atoms with Crippen LogP contribution in [0, 0.1) is 0 Å². The van der Waals surface area contributed by atoms with Crippen molar-refractivity contribution in [3.05, 3.63) is 64.0 Å². The molecule has 144 valence electrons. The first-order valence-corrected chi connectivity index (χ1v) is 9.18. The van der Waals surface area contributed by atoms with E-state index in [2.05, 4.69) is 4.90 Å². The molecule has 7 nitrogen and oxygen atoms in total. The first-order valence-electron chi connectivity index (χ1n) is 9.18. The third-order valence-corrected chi connectivity index (χ3v) is 5.22. The van der Waals surface area contributed by atoms with Crippen molar-refractivity contribution in [2.75, 3.05) is 33.1 Å². The molecule has 3 heterocycles. The second-order valence-electron chi connectivity index (χ2n) is 6.81. The van der Waals surface area contributed by atoms with Crippen LogP contribution >= 0.6 is 0 Å². The summed E-state index contributed by atoms with van der Waals surface area (Å²) in [5.74, 6) is 1.24. The molecule has 0 amide bonds. The van der Waals surface area contributed by atoms with Crippen LogP contribution in [0.25, 0.3) is 11.0 Å². The summed E-state index contributed by atoms with van der Waals surface area (Å²) in [6, 6.07) is 12.1. The molecule has 2 aliphatic rings. The molecule has 0 bridgehead atoms. The lowest BCUT2D eigenvalue weighted by atomic mass is 9.95. The number of hydrogen-bond acceptors (Lipinski definition) is 7. The van der Waals surface area contributed by atoms with Gasteiger partial charge in [-0.15, -0.1) is 0 Å². The second-order valence-corrected chi connectivity index (χ2v) is 6.81. The highest BCUT2D eigenvalue weighted by Gasteiger charge is 2.32. The maximum Gasteiger partial charge on any atom is 0.345 e. The minimum absolute atomic E-state index is 0.0546. The van der Waals surface area contributed by atoms with Crippen molar-refractivity contribution in [3.8, 4) is 17.2 Å². The van der Waals surface area contributed by atoms with Crippen LogP contribution in [0.2, 0.25) is 0 Å². The monoisotopic (exact) mass is 381 g/mol. The number of aromatic hydroxyl groups is 1. The van der Waals surface area contributed by atoms with E-state index in [1.807, 2.05) is 18.2 Å². The smallest absolute Gasteiger partial charge is 0.345 e. The number of para-hydroxylation sites is 1. The average Bonchev–Trinajstić information content (AvgIpc) is 3.19. The van der Waals surface area contributed by atoms with E-state index in [0.29, 0.717) is 48.8 Å². The van der Waals surface area contributed by atoms with Crippen molar-refractivity contribution in [2.24, 2.45) is 0 Å². The van der Waals surface area contributed by atoms with Gasteiger partial charge in [0.1, 0.15) is 16.9 Å². The lowest BCUT2D eigenvalue weighted by Gasteiger charge is -2.34. The lowest BCUT2D eigenvalue weighted by Crippen LogP contribution is -2.41. The summed E-state index contributed by atoms with van der Waals surface area (Å²) in [5, 5.41) is 11.5. The van der Waals surface area contributed by atoms with E-state index in [1.165, 1.54) is 0 Å². The number of rotatable bonds is 3. The predicted octanol–water partition coefficient (Wildman–Crippen LogP) is 2.65. The van der Waals surface area contributed by atoms with Gasteiger partial charge in [-0.2, -0.15) is 0 Å². The van der Waals surface area contributed by atoms with Gasteiger partial charge in [-0.3, -0.25) is 4.90 Å². The first-order chi connectivity index (χ1) is 13.7. The van der Waals surface area contributed by atoms with Gasteiger partial charge in [0.05, 0.1) is 24.6 Å². The maximum atomic E-state index is 12.9. The zero-order chi connectivity index (χ0) is 19.1. The lowest BCUT2D eigenvalue weighted by molar-refractivity contribution is 0.0230. The van der Waals surface area contributed by atoms with E-state index < -0.39 is 11.7 Å². The molecule has 0 saturated carbocycles. The van der Waals surface area contributed by atoms with Gasteiger partial charge in [0.15, 0.2) is 11.5 Å². The molecule has 1 saturated heterocycles. The Labute approximate surface area is 160 Å². The molecule has 2 aromatic carbocycles. The predicted molar refractivity (Wildman–Crippen MR) is 101 cm³/mol. The van der Waals surface area contributed by atoms with E-state index in [4.69, 9.17) is 18.6 Å². The van der Waals surface area contributed by atoms with E-state index >= 15 is 0 Å². The first kappa shape index (κ1) is 17.1. The molecule has 0 radical (unpaired) electrons. The Bertz CT molecular complexity index is 1090. The molecular formula is C21H19NO6. The van der Waals surface area contributed by atoms with Crippen LogP contribution in [0.5, 0.6) is 17.2 Å².